The number of aromatic nitrogens is 1. The highest BCUT2D eigenvalue weighted by Gasteiger charge is 2.20. The fourth-order valence-electron chi connectivity index (χ4n) is 3.95. The molecule has 5 rings (SSSR count). The summed E-state index contributed by atoms with van der Waals surface area (Å²) in [6.07, 6.45) is 0. The van der Waals surface area contributed by atoms with Crippen LogP contribution in [0.5, 0.6) is 11.5 Å². The lowest BCUT2D eigenvalue weighted by Gasteiger charge is -2.23. The minimum atomic E-state index is 0.262. The number of rotatable bonds is 2. The summed E-state index contributed by atoms with van der Waals surface area (Å²) in [5.74, 6) is 1.55. The van der Waals surface area contributed by atoms with E-state index in [2.05, 4.69) is 40.8 Å². The van der Waals surface area contributed by atoms with Gasteiger partial charge in [-0.25, -0.2) is 0 Å². The van der Waals surface area contributed by atoms with Crippen LogP contribution >= 0.6 is 0 Å². The van der Waals surface area contributed by atoms with E-state index in [9.17, 15) is 0 Å². The zero-order valence-corrected chi connectivity index (χ0v) is 16.1. The van der Waals surface area contributed by atoms with Crippen molar-refractivity contribution >= 4 is 16.6 Å². The van der Waals surface area contributed by atoms with E-state index >= 15 is 0 Å². The Hall–Kier alpha value is -3.47. The number of hydrogen-bond donors (Lipinski definition) is 1. The van der Waals surface area contributed by atoms with E-state index in [-0.39, 0.29) is 6.79 Å². The molecule has 0 bridgehead atoms. The topological polar surface area (TPSA) is 50.5 Å². The largest absolute Gasteiger partial charge is 0.454 e. The zero-order chi connectivity index (χ0) is 19.4. The maximum Gasteiger partial charge on any atom is 0.231 e. The number of hydrogen-bond acceptors (Lipinski definition) is 4. The van der Waals surface area contributed by atoms with Crippen molar-refractivity contribution in [3.05, 3.63) is 60.0 Å². The molecule has 0 spiro atoms. The first-order valence-corrected chi connectivity index (χ1v) is 9.21. The number of fused-ring (bicyclic) bond motifs is 3. The first-order valence-electron chi connectivity index (χ1n) is 9.21. The second kappa shape index (κ2) is 6.02. The molecule has 2 aromatic rings. The molecule has 140 valence electrons. The molecular formula is C23H21N3O2. The van der Waals surface area contributed by atoms with Gasteiger partial charge in [-0.2, -0.15) is 0 Å². The lowest BCUT2D eigenvalue weighted by Crippen LogP contribution is -2.11. The SMILES string of the molecule is CN(C)c1ccc2c(-c3ccc4c(c3)OCO4)c3ccc(=N)cc-3n(C)c2c1. The molecule has 5 nitrogen and oxygen atoms in total. The lowest BCUT2D eigenvalue weighted by atomic mass is 9.91. The molecule has 1 N–H and O–H groups in total. The Morgan fingerprint density at radius 3 is 2.57 bits per heavy atom. The summed E-state index contributed by atoms with van der Waals surface area (Å²) in [4.78, 5) is 2.10. The molecular weight excluding hydrogens is 350 g/mol. The third-order valence-corrected chi connectivity index (χ3v) is 5.42. The van der Waals surface area contributed by atoms with Crippen molar-refractivity contribution in [2.45, 2.75) is 0 Å². The minimum absolute atomic E-state index is 0.262. The molecule has 28 heavy (non-hydrogen) atoms. The molecule has 0 unspecified atom stereocenters. The fourth-order valence-corrected chi connectivity index (χ4v) is 3.95. The fraction of sp³-hybridized carbons (Fsp3) is 0.174. The van der Waals surface area contributed by atoms with Gasteiger partial charge >= 0.3 is 0 Å². The molecule has 0 fully saturated rings. The summed E-state index contributed by atoms with van der Waals surface area (Å²) in [7, 11) is 6.15. The van der Waals surface area contributed by atoms with Gasteiger partial charge in [-0.05, 0) is 42.0 Å². The summed E-state index contributed by atoms with van der Waals surface area (Å²) in [5, 5.41) is 9.78. The molecule has 2 heterocycles. The van der Waals surface area contributed by atoms with Crippen LogP contribution in [0, 0.1) is 5.41 Å². The van der Waals surface area contributed by atoms with Gasteiger partial charge in [-0.1, -0.05) is 18.2 Å². The number of benzene rings is 3. The van der Waals surface area contributed by atoms with Crippen molar-refractivity contribution in [3.8, 4) is 33.9 Å². The molecule has 0 aromatic heterocycles. The van der Waals surface area contributed by atoms with Gasteiger partial charge in [0.1, 0.15) is 0 Å². The van der Waals surface area contributed by atoms with E-state index in [0.717, 1.165) is 50.5 Å². The quantitative estimate of drug-likeness (QED) is 0.537. The average molecular weight is 371 g/mol. The highest BCUT2D eigenvalue weighted by atomic mass is 16.7. The van der Waals surface area contributed by atoms with E-state index < -0.39 is 0 Å². The van der Waals surface area contributed by atoms with Crippen LogP contribution in [0.15, 0.2) is 54.6 Å². The highest BCUT2D eigenvalue weighted by Crippen LogP contribution is 2.43. The lowest BCUT2D eigenvalue weighted by molar-refractivity contribution is 0.174. The zero-order valence-electron chi connectivity index (χ0n) is 16.1. The van der Waals surface area contributed by atoms with E-state index in [1.807, 2.05) is 44.4 Å². The maximum absolute atomic E-state index is 8.11. The van der Waals surface area contributed by atoms with Crippen molar-refractivity contribution in [1.82, 2.24) is 4.57 Å². The third kappa shape index (κ3) is 2.43. The summed E-state index contributed by atoms with van der Waals surface area (Å²) < 4.78 is 13.3. The van der Waals surface area contributed by atoms with Crippen LogP contribution in [-0.2, 0) is 7.05 Å². The van der Waals surface area contributed by atoms with E-state index in [4.69, 9.17) is 14.9 Å². The Morgan fingerprint density at radius 1 is 0.929 bits per heavy atom. The van der Waals surface area contributed by atoms with Crippen LogP contribution in [0.4, 0.5) is 5.69 Å². The maximum atomic E-state index is 8.11. The van der Waals surface area contributed by atoms with E-state index in [1.54, 1.807) is 0 Å². The standard InChI is InChI=1S/C23H21N3O2/c1-25(2)16-6-8-18-20(12-16)26(3)19-11-15(24)5-7-17(19)23(18)14-4-9-21-22(10-14)28-13-27-21/h4-12,24H,13H2,1-3H3. The van der Waals surface area contributed by atoms with Crippen LogP contribution in [0.25, 0.3) is 33.3 Å². The second-order valence-electron chi connectivity index (χ2n) is 7.33. The molecule has 2 aliphatic heterocycles. The van der Waals surface area contributed by atoms with Crippen LogP contribution in [-0.4, -0.2) is 25.5 Å². The van der Waals surface area contributed by atoms with Crippen LogP contribution in [0.1, 0.15) is 0 Å². The molecule has 2 aromatic carbocycles. The summed E-state index contributed by atoms with van der Waals surface area (Å²) >= 11 is 0. The first kappa shape index (κ1) is 16.7. The second-order valence-corrected chi connectivity index (χ2v) is 7.33. The molecule has 5 heteroatoms. The highest BCUT2D eigenvalue weighted by molar-refractivity contribution is 6.04. The number of nitrogens with one attached hydrogen (secondary N) is 1. The van der Waals surface area contributed by atoms with Crippen LogP contribution < -0.4 is 19.7 Å². The monoisotopic (exact) mass is 371 g/mol. The summed E-state index contributed by atoms with van der Waals surface area (Å²) in [6, 6.07) is 18.4. The molecule has 0 saturated carbocycles. The Balaban J connectivity index is 1.91. The van der Waals surface area contributed by atoms with Gasteiger partial charge < -0.3 is 24.4 Å². The van der Waals surface area contributed by atoms with Gasteiger partial charge in [0.15, 0.2) is 11.5 Å². The third-order valence-electron chi connectivity index (χ3n) is 5.42. The van der Waals surface area contributed by atoms with Gasteiger partial charge in [0.25, 0.3) is 0 Å². The molecule has 3 aliphatic rings. The number of aryl methyl sites for hydroxylation is 1. The van der Waals surface area contributed by atoms with Crippen LogP contribution in [0.3, 0.4) is 0 Å². The molecule has 0 amide bonds. The molecule has 0 radical (unpaired) electrons. The predicted molar refractivity (Wildman–Crippen MR) is 111 cm³/mol. The van der Waals surface area contributed by atoms with Gasteiger partial charge in [0.05, 0.1) is 16.6 Å². The van der Waals surface area contributed by atoms with Crippen molar-refractivity contribution in [2.75, 3.05) is 25.8 Å². The van der Waals surface area contributed by atoms with Crippen molar-refractivity contribution < 1.29 is 9.47 Å². The normalized spacial score (nSPS) is 12.7. The number of pyridine rings is 1. The summed E-state index contributed by atoms with van der Waals surface area (Å²) in [5.41, 5.74) is 6.63. The van der Waals surface area contributed by atoms with Crippen molar-refractivity contribution in [3.63, 3.8) is 0 Å². The molecule has 1 aliphatic carbocycles. The van der Waals surface area contributed by atoms with Gasteiger partial charge in [-0.15, -0.1) is 0 Å². The van der Waals surface area contributed by atoms with Crippen LogP contribution in [0.2, 0.25) is 0 Å². The number of ether oxygens (including phenoxy) is 2. The van der Waals surface area contributed by atoms with Gasteiger partial charge in [0, 0.05) is 43.3 Å². The van der Waals surface area contributed by atoms with Gasteiger partial charge in [-0.3, -0.25) is 0 Å². The molecule has 0 saturated heterocycles. The van der Waals surface area contributed by atoms with Crippen molar-refractivity contribution in [1.29, 1.82) is 5.41 Å². The Morgan fingerprint density at radius 2 is 1.75 bits per heavy atom. The number of nitrogens with zero attached hydrogens (tertiary/aromatic N) is 2. The Bertz CT molecular complexity index is 1260. The van der Waals surface area contributed by atoms with Crippen molar-refractivity contribution in [2.24, 2.45) is 7.05 Å². The number of anilines is 1. The molecule has 0 atom stereocenters. The Kier molecular flexibility index (Phi) is 3.59. The smallest absolute Gasteiger partial charge is 0.231 e. The average Bonchev–Trinajstić information content (AvgIpc) is 3.16. The van der Waals surface area contributed by atoms with E-state index in [1.165, 1.54) is 0 Å². The first-order chi connectivity index (χ1) is 13.5. The van der Waals surface area contributed by atoms with E-state index in [0.29, 0.717) is 5.36 Å². The Labute approximate surface area is 163 Å². The summed E-state index contributed by atoms with van der Waals surface area (Å²) in [6.45, 7) is 0.262. The van der Waals surface area contributed by atoms with Gasteiger partial charge in [0.2, 0.25) is 6.79 Å². The minimum Gasteiger partial charge on any atom is -0.454 e. The predicted octanol–water partition coefficient (Wildman–Crippen LogP) is 4.22.